The molecule has 0 amide bonds. The third-order valence-corrected chi connectivity index (χ3v) is 6.05. The molecule has 25 heavy (non-hydrogen) atoms. The van der Waals surface area contributed by atoms with Gasteiger partial charge in [0.1, 0.15) is 5.82 Å². The van der Waals surface area contributed by atoms with E-state index in [0.717, 1.165) is 5.56 Å². The first-order chi connectivity index (χ1) is 12.1. The summed E-state index contributed by atoms with van der Waals surface area (Å²) in [5.74, 6) is -0.234. The summed E-state index contributed by atoms with van der Waals surface area (Å²) in [7, 11) is -3.46. The third kappa shape index (κ3) is 4.43. The van der Waals surface area contributed by atoms with Gasteiger partial charge in [0.15, 0.2) is 0 Å². The summed E-state index contributed by atoms with van der Waals surface area (Å²) in [6.07, 6.45) is 0. The maximum atomic E-state index is 13.6. The van der Waals surface area contributed by atoms with Crippen LogP contribution in [0.4, 0.5) is 4.39 Å². The van der Waals surface area contributed by atoms with Crippen molar-refractivity contribution >= 4 is 10.0 Å². The summed E-state index contributed by atoms with van der Waals surface area (Å²) >= 11 is 0. The third-order valence-electron chi connectivity index (χ3n) is 4.13. The Balaban J connectivity index is 1.59. The van der Waals surface area contributed by atoms with Crippen LogP contribution in [0, 0.1) is 5.82 Å². The fourth-order valence-corrected chi connectivity index (χ4v) is 4.11. The second kappa shape index (κ2) is 8.05. The van der Waals surface area contributed by atoms with Gasteiger partial charge in [-0.1, -0.05) is 30.3 Å². The minimum Gasteiger partial charge on any atom is -0.379 e. The van der Waals surface area contributed by atoms with Crippen molar-refractivity contribution in [2.24, 2.45) is 0 Å². The van der Waals surface area contributed by atoms with Gasteiger partial charge in [-0.15, -0.1) is 0 Å². The van der Waals surface area contributed by atoms with Crippen LogP contribution in [0.15, 0.2) is 53.4 Å². The molecule has 0 aliphatic carbocycles. The number of rotatable bonds is 6. The molecule has 134 valence electrons. The van der Waals surface area contributed by atoms with Gasteiger partial charge >= 0.3 is 0 Å². The summed E-state index contributed by atoms with van der Waals surface area (Å²) in [5, 5.41) is 3.16. The molecule has 0 aromatic heterocycles. The topological polar surface area (TPSA) is 58.6 Å². The molecule has 5 nitrogen and oxygen atoms in total. The molecule has 1 heterocycles. The van der Waals surface area contributed by atoms with E-state index in [2.05, 4.69) is 5.32 Å². The quantitative estimate of drug-likeness (QED) is 0.853. The number of hydrogen-bond acceptors (Lipinski definition) is 4. The molecule has 1 fully saturated rings. The number of halogens is 1. The zero-order chi connectivity index (χ0) is 17.7. The van der Waals surface area contributed by atoms with Gasteiger partial charge in [0.25, 0.3) is 0 Å². The molecule has 2 aromatic carbocycles. The van der Waals surface area contributed by atoms with E-state index in [9.17, 15) is 12.8 Å². The Bertz CT molecular complexity index is 803. The molecule has 0 saturated carbocycles. The smallest absolute Gasteiger partial charge is 0.243 e. The van der Waals surface area contributed by atoms with E-state index in [4.69, 9.17) is 4.74 Å². The van der Waals surface area contributed by atoms with Crippen LogP contribution >= 0.6 is 0 Å². The number of morpholine rings is 1. The molecule has 1 aliphatic rings. The van der Waals surface area contributed by atoms with Crippen molar-refractivity contribution in [1.29, 1.82) is 0 Å². The van der Waals surface area contributed by atoms with Crippen molar-refractivity contribution in [2.75, 3.05) is 26.3 Å². The predicted octanol–water partition coefficient (Wildman–Crippen LogP) is 2.14. The van der Waals surface area contributed by atoms with Crippen molar-refractivity contribution in [1.82, 2.24) is 9.62 Å². The van der Waals surface area contributed by atoms with E-state index < -0.39 is 10.0 Å². The zero-order valence-corrected chi connectivity index (χ0v) is 14.6. The van der Waals surface area contributed by atoms with Crippen LogP contribution in [0.5, 0.6) is 0 Å². The van der Waals surface area contributed by atoms with Crippen molar-refractivity contribution in [3.63, 3.8) is 0 Å². The van der Waals surface area contributed by atoms with Crippen LogP contribution in [0.2, 0.25) is 0 Å². The van der Waals surface area contributed by atoms with Gasteiger partial charge in [-0.2, -0.15) is 4.31 Å². The molecule has 2 aromatic rings. The van der Waals surface area contributed by atoms with Crippen LogP contribution in [-0.4, -0.2) is 39.0 Å². The van der Waals surface area contributed by atoms with Gasteiger partial charge in [-0.05, 0) is 23.8 Å². The predicted molar refractivity (Wildman–Crippen MR) is 93.0 cm³/mol. The molecule has 0 radical (unpaired) electrons. The molecule has 0 unspecified atom stereocenters. The van der Waals surface area contributed by atoms with Gasteiger partial charge in [-0.25, -0.2) is 12.8 Å². The molecule has 0 bridgehead atoms. The molecule has 7 heteroatoms. The lowest BCUT2D eigenvalue weighted by Crippen LogP contribution is -2.40. The lowest BCUT2D eigenvalue weighted by molar-refractivity contribution is 0.0730. The lowest BCUT2D eigenvalue weighted by atomic mass is 10.2. The number of ether oxygens (including phenoxy) is 1. The fraction of sp³-hybridized carbons (Fsp3) is 0.333. The van der Waals surface area contributed by atoms with E-state index in [1.165, 1.54) is 10.4 Å². The minimum absolute atomic E-state index is 0.234. The average Bonchev–Trinajstić information content (AvgIpc) is 2.64. The van der Waals surface area contributed by atoms with Gasteiger partial charge in [0.2, 0.25) is 10.0 Å². The Morgan fingerprint density at radius 1 is 1.00 bits per heavy atom. The van der Waals surface area contributed by atoms with Crippen molar-refractivity contribution < 1.29 is 17.5 Å². The monoisotopic (exact) mass is 364 g/mol. The standard InChI is InChI=1S/C18H21FN2O3S/c19-18-4-2-1-3-16(18)14-20-13-15-5-7-17(8-6-15)25(22,23)21-9-11-24-12-10-21/h1-8,20H,9-14H2. The zero-order valence-electron chi connectivity index (χ0n) is 13.8. The van der Waals surface area contributed by atoms with Crippen molar-refractivity contribution in [2.45, 2.75) is 18.0 Å². The maximum absolute atomic E-state index is 13.6. The highest BCUT2D eigenvalue weighted by Gasteiger charge is 2.25. The Morgan fingerprint density at radius 2 is 1.68 bits per heavy atom. The Hall–Kier alpha value is -1.80. The first-order valence-electron chi connectivity index (χ1n) is 8.18. The molecule has 1 aliphatic heterocycles. The van der Waals surface area contributed by atoms with Crippen LogP contribution in [0.3, 0.4) is 0 Å². The molecule has 1 N–H and O–H groups in total. The number of hydrogen-bond donors (Lipinski definition) is 1. The number of sulfonamides is 1. The Labute approximate surface area is 147 Å². The largest absolute Gasteiger partial charge is 0.379 e. The second-order valence-electron chi connectivity index (χ2n) is 5.86. The molecule has 3 rings (SSSR count). The normalized spacial score (nSPS) is 16.0. The molecule has 0 atom stereocenters. The van der Waals surface area contributed by atoms with E-state index in [-0.39, 0.29) is 10.7 Å². The van der Waals surface area contributed by atoms with E-state index in [1.54, 1.807) is 42.5 Å². The van der Waals surface area contributed by atoms with Gasteiger partial charge in [0.05, 0.1) is 18.1 Å². The Morgan fingerprint density at radius 3 is 2.36 bits per heavy atom. The van der Waals surface area contributed by atoms with E-state index in [0.29, 0.717) is 45.0 Å². The van der Waals surface area contributed by atoms with Crippen LogP contribution in [-0.2, 0) is 27.8 Å². The van der Waals surface area contributed by atoms with Gasteiger partial charge in [0, 0.05) is 31.7 Å². The first-order valence-corrected chi connectivity index (χ1v) is 9.62. The highest BCUT2D eigenvalue weighted by Crippen LogP contribution is 2.17. The van der Waals surface area contributed by atoms with Crippen LogP contribution in [0.25, 0.3) is 0 Å². The molecular formula is C18H21FN2O3S. The number of benzene rings is 2. The Kier molecular flexibility index (Phi) is 5.80. The highest BCUT2D eigenvalue weighted by molar-refractivity contribution is 7.89. The summed E-state index contributed by atoms with van der Waals surface area (Å²) < 4.78 is 45.3. The molecule has 0 spiro atoms. The van der Waals surface area contributed by atoms with Crippen LogP contribution < -0.4 is 5.32 Å². The summed E-state index contributed by atoms with van der Waals surface area (Å²) in [4.78, 5) is 0.284. The first kappa shape index (κ1) is 18.0. The van der Waals surface area contributed by atoms with Gasteiger partial charge < -0.3 is 10.1 Å². The minimum atomic E-state index is -3.46. The summed E-state index contributed by atoms with van der Waals surface area (Å²) in [6.45, 7) is 2.57. The fourth-order valence-electron chi connectivity index (χ4n) is 2.70. The number of nitrogens with zero attached hydrogens (tertiary/aromatic N) is 1. The summed E-state index contributed by atoms with van der Waals surface area (Å²) in [6, 6.07) is 13.4. The average molecular weight is 364 g/mol. The van der Waals surface area contributed by atoms with E-state index in [1.807, 2.05) is 0 Å². The van der Waals surface area contributed by atoms with Crippen molar-refractivity contribution in [3.8, 4) is 0 Å². The SMILES string of the molecule is O=S(=O)(c1ccc(CNCc2ccccc2F)cc1)N1CCOCC1. The molecule has 1 saturated heterocycles. The number of nitrogens with one attached hydrogen (secondary N) is 1. The van der Waals surface area contributed by atoms with Crippen molar-refractivity contribution in [3.05, 3.63) is 65.5 Å². The maximum Gasteiger partial charge on any atom is 0.243 e. The summed E-state index contributed by atoms with van der Waals surface area (Å²) in [5.41, 5.74) is 1.55. The molecular weight excluding hydrogens is 343 g/mol. The second-order valence-corrected chi connectivity index (χ2v) is 7.79. The van der Waals surface area contributed by atoms with Crippen LogP contribution in [0.1, 0.15) is 11.1 Å². The van der Waals surface area contributed by atoms with E-state index >= 15 is 0 Å². The highest BCUT2D eigenvalue weighted by atomic mass is 32.2. The van der Waals surface area contributed by atoms with Gasteiger partial charge in [-0.3, -0.25) is 0 Å². The lowest BCUT2D eigenvalue weighted by Gasteiger charge is -2.26.